The highest BCUT2D eigenvalue weighted by molar-refractivity contribution is 6.00. The van der Waals surface area contributed by atoms with Gasteiger partial charge in [-0.3, -0.25) is 14.4 Å². The second kappa shape index (κ2) is 9.05. The van der Waals surface area contributed by atoms with E-state index in [-0.39, 0.29) is 40.4 Å². The number of benzene rings is 1. The lowest BCUT2D eigenvalue weighted by Crippen LogP contribution is -2.50. The Kier molecular flexibility index (Phi) is 6.30. The van der Waals surface area contributed by atoms with E-state index in [9.17, 15) is 28.4 Å². The zero-order chi connectivity index (χ0) is 24.6. The number of hydrogen-bond acceptors (Lipinski definition) is 4. The van der Waals surface area contributed by atoms with Gasteiger partial charge >= 0.3 is 0 Å². The summed E-state index contributed by atoms with van der Waals surface area (Å²) in [5.41, 5.74) is -0.572. The van der Waals surface area contributed by atoms with Crippen molar-refractivity contribution in [3.05, 3.63) is 35.5 Å². The van der Waals surface area contributed by atoms with Crippen molar-refractivity contribution in [1.29, 1.82) is 5.26 Å². The van der Waals surface area contributed by atoms with Crippen molar-refractivity contribution in [2.45, 2.75) is 63.6 Å². The van der Waals surface area contributed by atoms with Gasteiger partial charge in [-0.05, 0) is 57.2 Å². The Hall–Kier alpha value is -3.48. The van der Waals surface area contributed by atoms with Crippen molar-refractivity contribution >= 4 is 28.6 Å². The van der Waals surface area contributed by atoms with E-state index in [0.717, 1.165) is 25.0 Å². The van der Waals surface area contributed by atoms with Gasteiger partial charge in [0.25, 0.3) is 5.91 Å². The molecule has 1 saturated carbocycles. The van der Waals surface area contributed by atoms with Gasteiger partial charge in [0.1, 0.15) is 29.4 Å². The third-order valence-corrected chi connectivity index (χ3v) is 6.40. The lowest BCUT2D eigenvalue weighted by Gasteiger charge is -2.21. The number of nitriles is 1. The molecule has 180 valence electrons. The molecule has 3 amide bonds. The van der Waals surface area contributed by atoms with E-state index in [0.29, 0.717) is 12.8 Å². The summed E-state index contributed by atoms with van der Waals surface area (Å²) in [5.74, 6) is -2.85. The van der Waals surface area contributed by atoms with Crippen LogP contribution in [0.15, 0.2) is 18.2 Å². The third-order valence-electron chi connectivity index (χ3n) is 6.40. The number of hydrogen-bond donors (Lipinski definition) is 4. The largest absolute Gasteiger partial charge is 0.351 e. The lowest BCUT2D eigenvalue weighted by molar-refractivity contribution is -0.125. The van der Waals surface area contributed by atoms with Crippen LogP contribution >= 0.6 is 0 Å². The summed E-state index contributed by atoms with van der Waals surface area (Å²) in [6.07, 6.45) is 2.97. The van der Waals surface area contributed by atoms with Crippen molar-refractivity contribution in [3.63, 3.8) is 0 Å². The van der Waals surface area contributed by atoms with Gasteiger partial charge in [0, 0.05) is 16.8 Å². The highest BCUT2D eigenvalue weighted by Crippen LogP contribution is 2.34. The molecule has 2 aromatic rings. The Morgan fingerprint density at radius 2 is 1.91 bits per heavy atom. The molecular formula is C24H27F2N5O3. The Balaban J connectivity index is 1.45. The standard InChI is InChI=1S/C24H27F2N5O3/c1-24(2)10-13(21(32)31-24)8-14(11-27)28-22(33)18(7-12-3-4-12)30-23(34)19-9-15-16(25)5-6-17(26)20(15)29-19/h5-6,9,12-14,18,29H,3-4,7-8,10H2,1-2H3,(H,28,33)(H,30,34)(H,31,32)/t13-,14+,18+/m1/s1. The summed E-state index contributed by atoms with van der Waals surface area (Å²) in [6, 6.07) is 3.35. The number of aromatic amines is 1. The molecule has 34 heavy (non-hydrogen) atoms. The molecule has 2 aliphatic rings. The molecule has 2 heterocycles. The Morgan fingerprint density at radius 3 is 2.50 bits per heavy atom. The summed E-state index contributed by atoms with van der Waals surface area (Å²) in [7, 11) is 0. The number of amides is 3. The topological polar surface area (TPSA) is 127 Å². The van der Waals surface area contributed by atoms with E-state index in [1.165, 1.54) is 6.07 Å². The molecule has 1 aromatic heterocycles. The molecule has 4 N–H and O–H groups in total. The van der Waals surface area contributed by atoms with Crippen LogP contribution < -0.4 is 16.0 Å². The van der Waals surface area contributed by atoms with E-state index < -0.39 is 41.5 Å². The quantitative estimate of drug-likeness (QED) is 0.472. The van der Waals surface area contributed by atoms with Crippen LogP contribution in [0.3, 0.4) is 0 Å². The van der Waals surface area contributed by atoms with Crippen molar-refractivity contribution < 1.29 is 23.2 Å². The molecule has 1 saturated heterocycles. The third kappa shape index (κ3) is 5.19. The first-order valence-corrected chi connectivity index (χ1v) is 11.4. The molecule has 1 aliphatic heterocycles. The Labute approximate surface area is 195 Å². The van der Waals surface area contributed by atoms with Crippen molar-refractivity contribution in [1.82, 2.24) is 20.9 Å². The van der Waals surface area contributed by atoms with E-state index >= 15 is 0 Å². The number of rotatable bonds is 8. The van der Waals surface area contributed by atoms with Crippen molar-refractivity contribution in [2.24, 2.45) is 11.8 Å². The Morgan fingerprint density at radius 1 is 1.21 bits per heavy atom. The van der Waals surface area contributed by atoms with Crippen LogP contribution in [0.1, 0.15) is 56.4 Å². The minimum atomic E-state index is -0.925. The zero-order valence-corrected chi connectivity index (χ0v) is 19.0. The maximum Gasteiger partial charge on any atom is 0.268 e. The van der Waals surface area contributed by atoms with E-state index in [1.807, 2.05) is 19.9 Å². The van der Waals surface area contributed by atoms with Gasteiger partial charge in [-0.25, -0.2) is 8.78 Å². The molecule has 1 aromatic carbocycles. The van der Waals surface area contributed by atoms with Gasteiger partial charge in [0.2, 0.25) is 11.8 Å². The zero-order valence-electron chi connectivity index (χ0n) is 19.0. The van der Waals surface area contributed by atoms with Gasteiger partial charge in [-0.1, -0.05) is 12.8 Å². The fourth-order valence-electron chi connectivity index (χ4n) is 4.51. The molecule has 0 unspecified atom stereocenters. The molecule has 2 fully saturated rings. The summed E-state index contributed by atoms with van der Waals surface area (Å²) < 4.78 is 28.0. The van der Waals surface area contributed by atoms with Crippen LogP contribution in [-0.2, 0) is 9.59 Å². The number of nitrogens with zero attached hydrogens (tertiary/aromatic N) is 1. The highest BCUT2D eigenvalue weighted by atomic mass is 19.1. The first-order valence-electron chi connectivity index (χ1n) is 11.4. The Bertz CT molecular complexity index is 1140. The fraction of sp³-hybridized carbons (Fsp3) is 0.500. The van der Waals surface area contributed by atoms with Crippen molar-refractivity contribution in [2.75, 3.05) is 0 Å². The van der Waals surface area contributed by atoms with Gasteiger partial charge in [-0.15, -0.1) is 0 Å². The number of H-pyrrole nitrogens is 1. The minimum absolute atomic E-state index is 0.0596. The number of nitrogens with one attached hydrogen (secondary N) is 4. The van der Waals surface area contributed by atoms with Crippen molar-refractivity contribution in [3.8, 4) is 6.07 Å². The molecule has 10 heteroatoms. The minimum Gasteiger partial charge on any atom is -0.351 e. The molecule has 3 atom stereocenters. The van der Waals surface area contributed by atoms with Gasteiger partial charge < -0.3 is 20.9 Å². The van der Waals surface area contributed by atoms with Gasteiger partial charge in [-0.2, -0.15) is 5.26 Å². The van der Waals surface area contributed by atoms with Gasteiger partial charge in [0.15, 0.2) is 0 Å². The van der Waals surface area contributed by atoms with Crippen LogP contribution in [0.2, 0.25) is 0 Å². The molecule has 4 rings (SSSR count). The molecule has 8 nitrogen and oxygen atoms in total. The normalized spacial score (nSPS) is 20.9. The summed E-state index contributed by atoms with van der Waals surface area (Å²) >= 11 is 0. The molecule has 0 bridgehead atoms. The number of aromatic nitrogens is 1. The predicted molar refractivity (Wildman–Crippen MR) is 119 cm³/mol. The lowest BCUT2D eigenvalue weighted by atomic mass is 9.92. The molecule has 1 aliphatic carbocycles. The maximum absolute atomic E-state index is 14.0. The van der Waals surface area contributed by atoms with E-state index in [1.54, 1.807) is 0 Å². The predicted octanol–water partition coefficient (Wildman–Crippen LogP) is 2.66. The molecule has 0 radical (unpaired) electrons. The van der Waals surface area contributed by atoms with E-state index in [2.05, 4.69) is 20.9 Å². The first-order chi connectivity index (χ1) is 16.1. The number of carbonyl (C=O) groups is 3. The molecular weight excluding hydrogens is 444 g/mol. The first kappa shape index (κ1) is 23.7. The number of carbonyl (C=O) groups excluding carboxylic acids is 3. The SMILES string of the molecule is CC1(C)C[C@@H](C[C@@H](C#N)NC(=O)[C@H](CC2CC2)NC(=O)c2cc3c(F)ccc(F)c3[nH]2)C(=O)N1. The van der Waals surface area contributed by atoms with Crippen LogP contribution in [-0.4, -0.2) is 40.3 Å². The summed E-state index contributed by atoms with van der Waals surface area (Å²) in [6.45, 7) is 3.79. The molecule has 0 spiro atoms. The summed E-state index contributed by atoms with van der Waals surface area (Å²) in [4.78, 5) is 40.6. The average molecular weight is 472 g/mol. The number of halogens is 2. The monoisotopic (exact) mass is 471 g/mol. The van der Waals surface area contributed by atoms with E-state index in [4.69, 9.17) is 0 Å². The second-order valence-electron chi connectivity index (χ2n) is 9.91. The van der Waals surface area contributed by atoms with Crippen LogP contribution in [0.4, 0.5) is 8.78 Å². The summed E-state index contributed by atoms with van der Waals surface area (Å²) in [5, 5.41) is 17.7. The smallest absolute Gasteiger partial charge is 0.268 e. The van der Waals surface area contributed by atoms with Crippen LogP contribution in [0.5, 0.6) is 0 Å². The average Bonchev–Trinajstić information content (AvgIpc) is 3.39. The fourth-order valence-corrected chi connectivity index (χ4v) is 4.51. The highest BCUT2D eigenvalue weighted by Gasteiger charge is 2.39. The van der Waals surface area contributed by atoms with Crippen LogP contribution in [0.25, 0.3) is 10.9 Å². The maximum atomic E-state index is 14.0. The second-order valence-corrected chi connectivity index (χ2v) is 9.91. The number of fused-ring (bicyclic) bond motifs is 1. The van der Waals surface area contributed by atoms with Gasteiger partial charge in [0.05, 0.1) is 11.6 Å². The van der Waals surface area contributed by atoms with Crippen LogP contribution in [0, 0.1) is 34.8 Å².